The fourth-order valence-electron chi connectivity index (χ4n) is 3.18. The lowest BCUT2D eigenvalue weighted by Crippen LogP contribution is -2.28. The number of nitrogens with zero attached hydrogens (tertiary/aromatic N) is 1. The largest absolute Gasteiger partial charge is 0.326 e. The molecular formula is C21H23BrN2O2. The Morgan fingerprint density at radius 2 is 1.77 bits per heavy atom. The molecule has 136 valence electrons. The molecule has 0 bridgehead atoms. The van der Waals surface area contributed by atoms with Crippen LogP contribution in [0.25, 0.3) is 0 Å². The van der Waals surface area contributed by atoms with Gasteiger partial charge in [0.1, 0.15) is 0 Å². The first-order valence-corrected chi connectivity index (χ1v) is 9.51. The number of benzene rings is 2. The average Bonchev–Trinajstić information content (AvgIpc) is 2.97. The van der Waals surface area contributed by atoms with Gasteiger partial charge in [-0.05, 0) is 74.2 Å². The SMILES string of the molecule is Cc1ccc(N2C[C@@H](C(=O)Nc3cc(C)c(Br)cc3C)CC2=O)cc1C. The fraction of sp³-hybridized carbons (Fsp3) is 0.333. The lowest BCUT2D eigenvalue weighted by atomic mass is 10.1. The van der Waals surface area contributed by atoms with Crippen LogP contribution in [0.3, 0.4) is 0 Å². The minimum atomic E-state index is -0.340. The van der Waals surface area contributed by atoms with E-state index < -0.39 is 0 Å². The van der Waals surface area contributed by atoms with Crippen LogP contribution >= 0.6 is 15.9 Å². The highest BCUT2D eigenvalue weighted by Gasteiger charge is 2.35. The Labute approximate surface area is 162 Å². The van der Waals surface area contributed by atoms with Crippen molar-refractivity contribution >= 4 is 39.1 Å². The molecule has 0 radical (unpaired) electrons. The van der Waals surface area contributed by atoms with Gasteiger partial charge in [-0.15, -0.1) is 0 Å². The maximum atomic E-state index is 12.7. The number of aryl methyl sites for hydroxylation is 4. The molecule has 5 heteroatoms. The van der Waals surface area contributed by atoms with Crippen molar-refractivity contribution in [1.82, 2.24) is 0 Å². The summed E-state index contributed by atoms with van der Waals surface area (Å²) in [6.07, 6.45) is 0.243. The number of halogens is 1. The van der Waals surface area contributed by atoms with Gasteiger partial charge in [-0.25, -0.2) is 0 Å². The molecule has 0 aromatic heterocycles. The molecule has 1 N–H and O–H groups in total. The summed E-state index contributed by atoms with van der Waals surface area (Å²) in [6.45, 7) is 8.44. The molecule has 1 aliphatic heterocycles. The second kappa shape index (κ2) is 7.23. The zero-order valence-electron chi connectivity index (χ0n) is 15.5. The van der Waals surface area contributed by atoms with E-state index in [0.717, 1.165) is 32.5 Å². The van der Waals surface area contributed by atoms with E-state index in [1.807, 2.05) is 58.0 Å². The Morgan fingerprint density at radius 3 is 2.46 bits per heavy atom. The van der Waals surface area contributed by atoms with Crippen LogP contribution < -0.4 is 10.2 Å². The predicted octanol–water partition coefficient (Wildman–Crippen LogP) is 4.67. The molecule has 4 nitrogen and oxygen atoms in total. The van der Waals surface area contributed by atoms with Crippen molar-refractivity contribution in [2.45, 2.75) is 34.1 Å². The third-order valence-corrected chi connectivity index (χ3v) is 5.92. The normalized spacial score (nSPS) is 16.9. The number of hydrogen-bond acceptors (Lipinski definition) is 2. The third kappa shape index (κ3) is 3.68. The summed E-state index contributed by atoms with van der Waals surface area (Å²) in [5.41, 5.74) is 6.05. The van der Waals surface area contributed by atoms with Gasteiger partial charge in [0.15, 0.2) is 0 Å². The third-order valence-electron chi connectivity index (χ3n) is 5.06. The first-order valence-electron chi connectivity index (χ1n) is 8.71. The molecule has 1 saturated heterocycles. The van der Waals surface area contributed by atoms with Crippen molar-refractivity contribution in [1.29, 1.82) is 0 Å². The molecule has 1 fully saturated rings. The first-order chi connectivity index (χ1) is 12.3. The Morgan fingerprint density at radius 1 is 1.04 bits per heavy atom. The van der Waals surface area contributed by atoms with Crippen LogP contribution in [0.15, 0.2) is 34.8 Å². The maximum absolute atomic E-state index is 12.7. The van der Waals surface area contributed by atoms with Crippen LogP contribution in [0, 0.1) is 33.6 Å². The van der Waals surface area contributed by atoms with Crippen molar-refractivity contribution in [3.05, 3.63) is 57.1 Å². The summed E-state index contributed by atoms with van der Waals surface area (Å²) in [7, 11) is 0. The molecule has 26 heavy (non-hydrogen) atoms. The molecule has 0 saturated carbocycles. The summed E-state index contributed by atoms with van der Waals surface area (Å²) in [5, 5.41) is 2.99. The number of hydrogen-bond donors (Lipinski definition) is 1. The second-order valence-electron chi connectivity index (χ2n) is 7.08. The van der Waals surface area contributed by atoms with E-state index in [-0.39, 0.29) is 24.2 Å². The van der Waals surface area contributed by atoms with E-state index in [9.17, 15) is 9.59 Å². The molecule has 0 unspecified atom stereocenters. The Balaban J connectivity index is 1.75. The van der Waals surface area contributed by atoms with Crippen molar-refractivity contribution in [3.63, 3.8) is 0 Å². The number of nitrogens with one attached hydrogen (secondary N) is 1. The first kappa shape index (κ1) is 18.6. The Kier molecular flexibility index (Phi) is 5.19. The highest BCUT2D eigenvalue weighted by Crippen LogP contribution is 2.29. The lowest BCUT2D eigenvalue weighted by Gasteiger charge is -2.18. The highest BCUT2D eigenvalue weighted by atomic mass is 79.9. The second-order valence-corrected chi connectivity index (χ2v) is 7.93. The van der Waals surface area contributed by atoms with E-state index >= 15 is 0 Å². The van der Waals surface area contributed by atoms with E-state index in [2.05, 4.69) is 21.2 Å². The fourth-order valence-corrected chi connectivity index (χ4v) is 3.63. The van der Waals surface area contributed by atoms with Crippen LogP contribution in [0.4, 0.5) is 11.4 Å². The van der Waals surface area contributed by atoms with Gasteiger partial charge < -0.3 is 10.2 Å². The Hall–Kier alpha value is -2.14. The number of rotatable bonds is 3. The van der Waals surface area contributed by atoms with Gasteiger partial charge in [-0.2, -0.15) is 0 Å². The summed E-state index contributed by atoms with van der Waals surface area (Å²) in [4.78, 5) is 26.9. The van der Waals surface area contributed by atoms with Crippen LogP contribution in [-0.4, -0.2) is 18.4 Å². The van der Waals surface area contributed by atoms with Crippen LogP contribution in [0.5, 0.6) is 0 Å². The zero-order chi connectivity index (χ0) is 19.0. The van der Waals surface area contributed by atoms with Gasteiger partial charge in [0.2, 0.25) is 11.8 Å². The lowest BCUT2D eigenvalue weighted by molar-refractivity contribution is -0.122. The molecule has 1 atom stereocenters. The van der Waals surface area contributed by atoms with Gasteiger partial charge in [0, 0.05) is 28.8 Å². The summed E-state index contributed by atoms with van der Waals surface area (Å²) >= 11 is 3.50. The highest BCUT2D eigenvalue weighted by molar-refractivity contribution is 9.10. The standard InChI is InChI=1S/C21H23BrN2O2/c1-12-5-6-17(7-13(12)2)24-11-16(10-20(24)25)21(26)23-19-9-14(3)18(22)8-15(19)4/h5-9,16H,10-11H2,1-4H3,(H,23,26)/t16-/m0/s1. The monoisotopic (exact) mass is 414 g/mol. The average molecular weight is 415 g/mol. The van der Waals surface area contributed by atoms with Gasteiger partial charge in [0.25, 0.3) is 0 Å². The summed E-state index contributed by atoms with van der Waals surface area (Å²) in [5.74, 6) is -0.445. The Bertz CT molecular complexity index is 892. The van der Waals surface area contributed by atoms with Gasteiger partial charge >= 0.3 is 0 Å². The van der Waals surface area contributed by atoms with Gasteiger partial charge in [0.05, 0.1) is 5.92 Å². The van der Waals surface area contributed by atoms with Crippen LogP contribution in [0.1, 0.15) is 28.7 Å². The summed E-state index contributed by atoms with van der Waals surface area (Å²) < 4.78 is 1.02. The van der Waals surface area contributed by atoms with E-state index in [4.69, 9.17) is 0 Å². The van der Waals surface area contributed by atoms with E-state index in [0.29, 0.717) is 6.54 Å². The number of carbonyl (C=O) groups is 2. The maximum Gasteiger partial charge on any atom is 0.229 e. The number of anilines is 2. The molecule has 0 aliphatic carbocycles. The molecule has 1 heterocycles. The van der Waals surface area contributed by atoms with Crippen molar-refractivity contribution in [2.24, 2.45) is 5.92 Å². The van der Waals surface area contributed by atoms with Gasteiger partial charge in [-0.1, -0.05) is 22.0 Å². The summed E-state index contributed by atoms with van der Waals surface area (Å²) in [6, 6.07) is 9.92. The molecular weight excluding hydrogens is 392 g/mol. The van der Waals surface area contributed by atoms with Crippen molar-refractivity contribution in [3.8, 4) is 0 Å². The molecule has 0 spiro atoms. The smallest absolute Gasteiger partial charge is 0.229 e. The van der Waals surface area contributed by atoms with E-state index in [1.165, 1.54) is 5.56 Å². The van der Waals surface area contributed by atoms with Gasteiger partial charge in [-0.3, -0.25) is 9.59 Å². The number of amides is 2. The topological polar surface area (TPSA) is 49.4 Å². The predicted molar refractivity (Wildman–Crippen MR) is 109 cm³/mol. The zero-order valence-corrected chi connectivity index (χ0v) is 17.1. The van der Waals surface area contributed by atoms with Crippen molar-refractivity contribution < 1.29 is 9.59 Å². The molecule has 2 aromatic rings. The van der Waals surface area contributed by atoms with Crippen LogP contribution in [0.2, 0.25) is 0 Å². The van der Waals surface area contributed by atoms with Crippen LogP contribution in [-0.2, 0) is 9.59 Å². The molecule has 3 rings (SSSR count). The number of carbonyl (C=O) groups excluding carboxylic acids is 2. The quantitative estimate of drug-likeness (QED) is 0.792. The molecule has 2 amide bonds. The van der Waals surface area contributed by atoms with E-state index in [1.54, 1.807) is 4.90 Å². The minimum absolute atomic E-state index is 0.00267. The molecule has 2 aromatic carbocycles. The minimum Gasteiger partial charge on any atom is -0.326 e. The molecule has 1 aliphatic rings. The van der Waals surface area contributed by atoms with Crippen molar-refractivity contribution in [2.75, 3.05) is 16.8 Å².